The molecule has 0 bridgehead atoms. The Labute approximate surface area is 132 Å². The van der Waals surface area contributed by atoms with Crippen LogP contribution >= 0.6 is 23.1 Å². The maximum atomic E-state index is 12.0. The van der Waals surface area contributed by atoms with E-state index in [-0.39, 0.29) is 11.9 Å². The summed E-state index contributed by atoms with van der Waals surface area (Å²) in [7, 11) is 0. The minimum absolute atomic E-state index is 0.0164. The molecule has 0 radical (unpaired) electrons. The summed E-state index contributed by atoms with van der Waals surface area (Å²) < 4.78 is 0. The first-order chi connectivity index (χ1) is 10.2. The van der Waals surface area contributed by atoms with E-state index in [4.69, 9.17) is 0 Å². The molecular formula is C16H17NO2S2. The Morgan fingerprint density at radius 3 is 3.00 bits per heavy atom. The molecule has 0 spiro atoms. The first-order valence-corrected chi connectivity index (χ1v) is 8.93. The molecule has 1 aromatic carbocycles. The Bertz CT molecular complexity index is 612. The van der Waals surface area contributed by atoms with Crippen molar-refractivity contribution in [2.75, 3.05) is 5.75 Å². The number of nitrogens with one attached hydrogen (secondary N) is 1. The molecule has 2 aromatic rings. The van der Waals surface area contributed by atoms with E-state index in [0.29, 0.717) is 12.2 Å². The molecule has 1 aliphatic rings. The molecule has 0 aliphatic heterocycles. The molecule has 0 fully saturated rings. The van der Waals surface area contributed by atoms with Gasteiger partial charge >= 0.3 is 0 Å². The molecule has 2 atom stereocenters. The van der Waals surface area contributed by atoms with Crippen LogP contribution in [0.5, 0.6) is 0 Å². The van der Waals surface area contributed by atoms with Gasteiger partial charge < -0.3 is 10.4 Å². The van der Waals surface area contributed by atoms with Gasteiger partial charge in [0, 0.05) is 17.1 Å². The SMILES string of the molecule is O=C(CSCc1cccs1)NC1c2ccccc2CC1O. The number of thioether (sulfide) groups is 1. The molecule has 0 saturated carbocycles. The van der Waals surface area contributed by atoms with Crippen LogP contribution < -0.4 is 5.32 Å². The van der Waals surface area contributed by atoms with E-state index in [1.165, 1.54) is 4.88 Å². The van der Waals surface area contributed by atoms with Crippen molar-refractivity contribution in [3.8, 4) is 0 Å². The zero-order valence-electron chi connectivity index (χ0n) is 11.5. The van der Waals surface area contributed by atoms with Gasteiger partial charge in [0.2, 0.25) is 5.91 Å². The second-order valence-electron chi connectivity index (χ2n) is 5.09. The quantitative estimate of drug-likeness (QED) is 0.891. The summed E-state index contributed by atoms with van der Waals surface area (Å²) in [6.07, 6.45) is 0.0948. The van der Waals surface area contributed by atoms with Gasteiger partial charge in [-0.05, 0) is 22.6 Å². The largest absolute Gasteiger partial charge is 0.390 e. The highest BCUT2D eigenvalue weighted by Gasteiger charge is 2.31. The van der Waals surface area contributed by atoms with Crippen LogP contribution in [0.4, 0.5) is 0 Å². The smallest absolute Gasteiger partial charge is 0.230 e. The molecule has 1 aromatic heterocycles. The van der Waals surface area contributed by atoms with Crippen molar-refractivity contribution in [1.29, 1.82) is 0 Å². The fourth-order valence-corrected chi connectivity index (χ4v) is 4.28. The van der Waals surface area contributed by atoms with Crippen LogP contribution in [-0.2, 0) is 17.0 Å². The lowest BCUT2D eigenvalue weighted by Gasteiger charge is -2.17. The fraction of sp³-hybridized carbons (Fsp3) is 0.312. The van der Waals surface area contributed by atoms with E-state index in [1.54, 1.807) is 23.1 Å². The lowest BCUT2D eigenvalue weighted by Crippen LogP contribution is -2.34. The highest BCUT2D eigenvalue weighted by molar-refractivity contribution is 7.99. The summed E-state index contributed by atoms with van der Waals surface area (Å²) >= 11 is 3.31. The topological polar surface area (TPSA) is 49.3 Å². The number of hydrogen-bond acceptors (Lipinski definition) is 4. The Balaban J connectivity index is 1.53. The van der Waals surface area contributed by atoms with Crippen LogP contribution in [0.25, 0.3) is 0 Å². The molecule has 2 unspecified atom stereocenters. The van der Waals surface area contributed by atoms with Gasteiger partial charge in [0.1, 0.15) is 0 Å². The number of carbonyl (C=O) groups is 1. The van der Waals surface area contributed by atoms with Gasteiger partial charge in [0.25, 0.3) is 0 Å². The van der Waals surface area contributed by atoms with Crippen LogP contribution in [0.15, 0.2) is 41.8 Å². The van der Waals surface area contributed by atoms with Crippen molar-refractivity contribution < 1.29 is 9.90 Å². The van der Waals surface area contributed by atoms with Gasteiger partial charge in [-0.25, -0.2) is 0 Å². The molecule has 5 heteroatoms. The van der Waals surface area contributed by atoms with Crippen molar-refractivity contribution in [3.05, 3.63) is 57.8 Å². The van der Waals surface area contributed by atoms with Crippen molar-refractivity contribution >= 4 is 29.0 Å². The number of thiophene rings is 1. The van der Waals surface area contributed by atoms with E-state index in [1.807, 2.05) is 35.7 Å². The third kappa shape index (κ3) is 3.48. The number of carbonyl (C=O) groups excluding carboxylic acids is 1. The predicted molar refractivity (Wildman–Crippen MR) is 87.5 cm³/mol. The van der Waals surface area contributed by atoms with Gasteiger partial charge in [0.05, 0.1) is 17.9 Å². The van der Waals surface area contributed by atoms with Crippen molar-refractivity contribution in [2.45, 2.75) is 24.3 Å². The molecule has 1 aliphatic carbocycles. The van der Waals surface area contributed by atoms with Crippen molar-refractivity contribution in [3.63, 3.8) is 0 Å². The predicted octanol–water partition coefficient (Wildman–Crippen LogP) is 2.76. The number of aliphatic hydroxyl groups is 1. The molecule has 3 rings (SSSR count). The number of hydrogen-bond donors (Lipinski definition) is 2. The summed E-state index contributed by atoms with van der Waals surface area (Å²) in [6, 6.07) is 11.7. The van der Waals surface area contributed by atoms with E-state index in [9.17, 15) is 9.90 Å². The van der Waals surface area contributed by atoms with Crippen molar-refractivity contribution in [2.24, 2.45) is 0 Å². The van der Waals surface area contributed by atoms with Crippen LogP contribution in [0.2, 0.25) is 0 Å². The fourth-order valence-electron chi connectivity index (χ4n) is 2.60. The van der Waals surface area contributed by atoms with Crippen molar-refractivity contribution in [1.82, 2.24) is 5.32 Å². The number of aliphatic hydroxyl groups excluding tert-OH is 1. The summed E-state index contributed by atoms with van der Waals surface area (Å²) in [5.74, 6) is 1.26. The first-order valence-electron chi connectivity index (χ1n) is 6.89. The third-order valence-corrected chi connectivity index (χ3v) is 5.62. The highest BCUT2D eigenvalue weighted by Crippen LogP contribution is 2.31. The molecule has 1 amide bonds. The van der Waals surface area contributed by atoms with Crippen LogP contribution in [0.1, 0.15) is 22.0 Å². The summed E-state index contributed by atoms with van der Waals surface area (Å²) in [6.45, 7) is 0. The normalized spacial score (nSPS) is 20.2. The zero-order valence-corrected chi connectivity index (χ0v) is 13.1. The summed E-state index contributed by atoms with van der Waals surface area (Å²) in [5.41, 5.74) is 2.17. The van der Waals surface area contributed by atoms with E-state index in [2.05, 4.69) is 11.4 Å². The Morgan fingerprint density at radius 1 is 1.33 bits per heavy atom. The van der Waals surface area contributed by atoms with Gasteiger partial charge in [-0.2, -0.15) is 0 Å². The lowest BCUT2D eigenvalue weighted by molar-refractivity contribution is -0.120. The summed E-state index contributed by atoms with van der Waals surface area (Å²) in [4.78, 5) is 13.3. The highest BCUT2D eigenvalue weighted by atomic mass is 32.2. The van der Waals surface area contributed by atoms with Crippen LogP contribution in [0.3, 0.4) is 0 Å². The standard InChI is InChI=1S/C16H17NO2S2/c18-14-8-11-4-1-2-6-13(11)16(14)17-15(19)10-20-9-12-5-3-7-21-12/h1-7,14,16,18H,8-10H2,(H,17,19). The third-order valence-electron chi connectivity index (χ3n) is 3.58. The minimum atomic E-state index is -0.520. The Morgan fingerprint density at radius 2 is 2.19 bits per heavy atom. The van der Waals surface area contributed by atoms with E-state index in [0.717, 1.165) is 16.9 Å². The number of benzene rings is 1. The average Bonchev–Trinajstić information content (AvgIpc) is 3.08. The summed E-state index contributed by atoms with van der Waals surface area (Å²) in [5, 5.41) is 15.1. The van der Waals surface area contributed by atoms with E-state index < -0.39 is 6.10 Å². The van der Waals surface area contributed by atoms with Gasteiger partial charge in [-0.1, -0.05) is 30.3 Å². The molecule has 2 N–H and O–H groups in total. The Kier molecular flexibility index (Phi) is 4.63. The second kappa shape index (κ2) is 6.64. The minimum Gasteiger partial charge on any atom is -0.390 e. The molecule has 21 heavy (non-hydrogen) atoms. The molecule has 110 valence electrons. The van der Waals surface area contributed by atoms with Crippen LogP contribution in [-0.4, -0.2) is 22.9 Å². The molecule has 0 saturated heterocycles. The van der Waals surface area contributed by atoms with Gasteiger partial charge in [-0.3, -0.25) is 4.79 Å². The second-order valence-corrected chi connectivity index (χ2v) is 7.11. The first kappa shape index (κ1) is 14.6. The Hall–Kier alpha value is -1.30. The molecule has 1 heterocycles. The van der Waals surface area contributed by atoms with E-state index >= 15 is 0 Å². The van der Waals surface area contributed by atoms with Gasteiger partial charge in [0.15, 0.2) is 0 Å². The number of amides is 1. The molecule has 3 nitrogen and oxygen atoms in total. The zero-order chi connectivity index (χ0) is 14.7. The average molecular weight is 319 g/mol. The monoisotopic (exact) mass is 319 g/mol. The lowest BCUT2D eigenvalue weighted by atomic mass is 10.1. The maximum absolute atomic E-state index is 12.0. The molecular weight excluding hydrogens is 302 g/mol. The maximum Gasteiger partial charge on any atom is 0.230 e. The van der Waals surface area contributed by atoms with Gasteiger partial charge in [-0.15, -0.1) is 23.1 Å². The van der Waals surface area contributed by atoms with Crippen LogP contribution in [0, 0.1) is 0 Å². The number of fused-ring (bicyclic) bond motifs is 1. The number of rotatable bonds is 5.